The Morgan fingerprint density at radius 3 is 1.89 bits per heavy atom. The van der Waals surface area contributed by atoms with Crippen LogP contribution in [0.5, 0.6) is 0 Å². The van der Waals surface area contributed by atoms with Gasteiger partial charge in [0, 0.05) is 0 Å². The van der Waals surface area contributed by atoms with Crippen LogP contribution in [0.1, 0.15) is 13.3 Å². The fraction of sp³-hybridized carbons (Fsp3) is 1.00. The first-order valence-corrected chi connectivity index (χ1v) is 12.8. The average molecular weight is 271 g/mol. The molecule has 0 radical (unpaired) electrons. The van der Waals surface area contributed by atoms with Crippen molar-refractivity contribution in [1.29, 1.82) is 0 Å². The van der Waals surface area contributed by atoms with E-state index in [4.69, 9.17) is 41.6 Å². The van der Waals surface area contributed by atoms with Crippen molar-refractivity contribution in [3.8, 4) is 0 Å². The molecule has 0 rings (SSSR count). The van der Waals surface area contributed by atoms with E-state index in [-0.39, 0.29) is 5.38 Å². The van der Waals surface area contributed by atoms with Crippen LogP contribution in [0, 0.1) is 0 Å². The molecule has 1 atom stereocenters. The van der Waals surface area contributed by atoms with E-state index in [1.54, 1.807) is 0 Å². The first-order chi connectivity index (χ1) is 3.92. The van der Waals surface area contributed by atoms with E-state index in [1.165, 1.54) is 0 Å². The van der Waals surface area contributed by atoms with Crippen LogP contribution in [-0.2, 0) is 0 Å². The van der Waals surface area contributed by atoms with Crippen molar-refractivity contribution in [3.05, 3.63) is 0 Å². The number of hydrogen-bond donors (Lipinski definition) is 0. The molecule has 0 aliphatic heterocycles. The summed E-state index contributed by atoms with van der Waals surface area (Å²) in [6, 6.07) is 0. The van der Waals surface area contributed by atoms with E-state index in [2.05, 4.69) is 0 Å². The molecule has 56 valence electrons. The third kappa shape index (κ3) is 9.70. The van der Waals surface area contributed by atoms with E-state index in [9.17, 15) is 0 Å². The van der Waals surface area contributed by atoms with Gasteiger partial charge < -0.3 is 0 Å². The third-order valence-corrected chi connectivity index (χ3v) is 5.78. The molecular weight excluding hydrogens is 262 g/mol. The fourth-order valence-electron chi connectivity index (χ4n) is 0.363. The maximum atomic E-state index is 5.64. The number of alkyl halides is 1. The van der Waals surface area contributed by atoms with Gasteiger partial charge in [-0.2, -0.15) is 0 Å². The molecule has 1 unspecified atom stereocenters. The normalized spacial score (nSPS) is 15.7. The second kappa shape index (κ2) is 4.55. The fourth-order valence-corrected chi connectivity index (χ4v) is 4.15. The average Bonchev–Trinajstić information content (AvgIpc) is 1.59. The number of halogens is 4. The first kappa shape index (κ1) is 10.7. The third-order valence-electron chi connectivity index (χ3n) is 0.826. The summed E-state index contributed by atoms with van der Waals surface area (Å²) >= 11 is 5.64. The van der Waals surface area contributed by atoms with Gasteiger partial charge in [-0.05, 0) is 0 Å². The molecule has 0 aliphatic carbocycles. The maximum absolute atomic E-state index is 5.64. The van der Waals surface area contributed by atoms with Gasteiger partial charge in [-0.15, -0.1) is 0 Å². The van der Waals surface area contributed by atoms with E-state index >= 15 is 0 Å². The van der Waals surface area contributed by atoms with Crippen LogP contribution in [0.15, 0.2) is 0 Å². The van der Waals surface area contributed by atoms with Crippen molar-refractivity contribution in [2.45, 2.75) is 24.0 Å². The Bertz CT molecular complexity index is 77.1. The van der Waals surface area contributed by atoms with Gasteiger partial charge in [0.2, 0.25) is 0 Å². The topological polar surface area (TPSA) is 0 Å². The SMILES string of the molecule is CC(Cl)C[CH2][Ge]([Cl])([Cl])[Cl]. The molecule has 0 nitrogen and oxygen atoms in total. The number of rotatable bonds is 3. The second-order valence-corrected chi connectivity index (χ2v) is 19.4. The molecule has 9 heavy (non-hydrogen) atoms. The zero-order valence-corrected chi connectivity index (χ0v) is 10.1. The van der Waals surface area contributed by atoms with E-state index in [0.29, 0.717) is 5.25 Å². The van der Waals surface area contributed by atoms with Crippen LogP contribution in [0.25, 0.3) is 0 Å². The van der Waals surface area contributed by atoms with Crippen LogP contribution in [0.3, 0.4) is 0 Å². The van der Waals surface area contributed by atoms with Crippen molar-refractivity contribution in [2.75, 3.05) is 0 Å². The van der Waals surface area contributed by atoms with Crippen LogP contribution in [0.2, 0.25) is 5.25 Å². The van der Waals surface area contributed by atoms with Crippen LogP contribution >= 0.6 is 41.6 Å². The summed E-state index contributed by atoms with van der Waals surface area (Å²) in [5.41, 5.74) is 0. The predicted octanol–water partition coefficient (Wildman–Crippen LogP) is 3.66. The standard InChI is InChI=1S/C4H8Cl4Ge/c1-4(5)2-3-9(6,7)8/h4H,2-3H2,1H3. The van der Waals surface area contributed by atoms with Gasteiger partial charge in [0.15, 0.2) is 0 Å². The van der Waals surface area contributed by atoms with Crippen LogP contribution in [0.4, 0.5) is 0 Å². The van der Waals surface area contributed by atoms with Gasteiger partial charge in [0.05, 0.1) is 0 Å². The molecule has 0 saturated carbocycles. The van der Waals surface area contributed by atoms with Crippen molar-refractivity contribution in [3.63, 3.8) is 0 Å². The van der Waals surface area contributed by atoms with Crippen molar-refractivity contribution >= 4 is 52.1 Å². The summed E-state index contributed by atoms with van der Waals surface area (Å²) in [5.74, 6) is 0. The molecule has 0 aliphatic rings. The first-order valence-electron chi connectivity index (χ1n) is 2.62. The van der Waals surface area contributed by atoms with Gasteiger partial charge in [-0.1, -0.05) is 0 Å². The summed E-state index contributed by atoms with van der Waals surface area (Å²) in [4.78, 5) is 0. The van der Waals surface area contributed by atoms with Gasteiger partial charge in [0.1, 0.15) is 0 Å². The summed E-state index contributed by atoms with van der Waals surface area (Å²) in [6.07, 6.45) is 0.818. The minimum absolute atomic E-state index is 0.131. The summed E-state index contributed by atoms with van der Waals surface area (Å²) in [6.45, 7) is 1.90. The molecule has 5 heteroatoms. The Hall–Kier alpha value is 1.70. The Kier molecular flexibility index (Phi) is 5.42. The quantitative estimate of drug-likeness (QED) is 0.542. The molecule has 0 fully saturated rings. The zero-order valence-electron chi connectivity index (χ0n) is 5.00. The van der Waals surface area contributed by atoms with Gasteiger partial charge in [0.25, 0.3) is 0 Å². The molecule has 0 amide bonds. The predicted molar refractivity (Wildman–Crippen MR) is 48.1 cm³/mol. The molecule has 0 spiro atoms. The molecule has 0 bridgehead atoms. The van der Waals surface area contributed by atoms with E-state index in [0.717, 1.165) is 6.42 Å². The van der Waals surface area contributed by atoms with Crippen molar-refractivity contribution in [1.82, 2.24) is 0 Å². The molecule has 0 saturated heterocycles. The monoisotopic (exact) mass is 270 g/mol. The molecule has 0 aromatic rings. The van der Waals surface area contributed by atoms with Gasteiger partial charge in [-0.3, -0.25) is 0 Å². The van der Waals surface area contributed by atoms with Crippen molar-refractivity contribution < 1.29 is 0 Å². The Labute approximate surface area is 75.7 Å². The molecule has 0 N–H and O–H groups in total. The van der Waals surface area contributed by atoms with E-state index in [1.807, 2.05) is 6.92 Å². The summed E-state index contributed by atoms with van der Waals surface area (Å²) in [5, 5.41) is 0.834. The van der Waals surface area contributed by atoms with Gasteiger partial charge in [-0.25, -0.2) is 0 Å². The molecule has 0 heterocycles. The van der Waals surface area contributed by atoms with E-state index < -0.39 is 10.5 Å². The molecule has 0 aromatic carbocycles. The Balaban J connectivity index is 3.28. The van der Waals surface area contributed by atoms with Crippen LogP contribution in [-0.4, -0.2) is 15.9 Å². The second-order valence-electron chi connectivity index (χ2n) is 1.93. The molecule has 0 aromatic heterocycles. The van der Waals surface area contributed by atoms with Gasteiger partial charge >= 0.3 is 76.1 Å². The summed E-state index contributed by atoms with van der Waals surface area (Å²) < 4.78 is 0. The summed E-state index contributed by atoms with van der Waals surface area (Å²) in [7, 11) is 14.1. The van der Waals surface area contributed by atoms with Crippen molar-refractivity contribution in [2.24, 2.45) is 0 Å². The molecular formula is C4H8Cl4Ge. The minimum atomic E-state index is -2.83. The Morgan fingerprint density at radius 2 is 1.78 bits per heavy atom. The zero-order chi connectivity index (χ0) is 7.49. The van der Waals surface area contributed by atoms with Crippen LogP contribution < -0.4 is 0 Å². The number of hydrogen-bond acceptors (Lipinski definition) is 0. The Morgan fingerprint density at radius 1 is 1.33 bits per heavy atom.